The lowest BCUT2D eigenvalue weighted by atomic mass is 9.94. The molecule has 0 bridgehead atoms. The van der Waals surface area contributed by atoms with Gasteiger partial charge in [0.15, 0.2) is 0 Å². The molecular formula is C11H18N4O3. The van der Waals surface area contributed by atoms with E-state index in [2.05, 4.69) is 20.5 Å². The molecule has 1 aromatic rings. The number of aromatic nitrogens is 3. The lowest BCUT2D eigenvalue weighted by molar-refractivity contribution is -0.0605. The second-order valence-corrected chi connectivity index (χ2v) is 4.48. The Bertz CT molecular complexity index is 412. The average Bonchev–Trinajstić information content (AvgIpc) is 2.86. The van der Waals surface area contributed by atoms with E-state index in [0.717, 1.165) is 0 Å². The SMILES string of the molecule is CCc1nc(C(=O)NCC2(O)CCOCC2)n[nH]1. The summed E-state index contributed by atoms with van der Waals surface area (Å²) in [6.45, 7) is 3.16. The maximum Gasteiger partial charge on any atom is 0.291 e. The van der Waals surface area contributed by atoms with Gasteiger partial charge in [0.1, 0.15) is 5.82 Å². The second kappa shape index (κ2) is 5.45. The van der Waals surface area contributed by atoms with Gasteiger partial charge in [0.25, 0.3) is 5.91 Å². The zero-order chi connectivity index (χ0) is 13.0. The van der Waals surface area contributed by atoms with Crippen LogP contribution in [0.1, 0.15) is 36.2 Å². The molecular weight excluding hydrogens is 236 g/mol. The van der Waals surface area contributed by atoms with Crippen LogP contribution >= 0.6 is 0 Å². The van der Waals surface area contributed by atoms with E-state index >= 15 is 0 Å². The Morgan fingerprint density at radius 3 is 2.89 bits per heavy atom. The highest BCUT2D eigenvalue weighted by molar-refractivity contribution is 5.90. The van der Waals surface area contributed by atoms with Crippen LogP contribution in [0.5, 0.6) is 0 Å². The number of aryl methyl sites for hydroxylation is 1. The Morgan fingerprint density at radius 2 is 2.28 bits per heavy atom. The first-order valence-electron chi connectivity index (χ1n) is 6.12. The molecule has 1 aliphatic heterocycles. The highest BCUT2D eigenvalue weighted by Crippen LogP contribution is 2.19. The van der Waals surface area contributed by atoms with Gasteiger partial charge in [0, 0.05) is 39.0 Å². The van der Waals surface area contributed by atoms with Gasteiger partial charge in [-0.05, 0) is 0 Å². The molecule has 2 heterocycles. The third-order valence-corrected chi connectivity index (χ3v) is 3.07. The van der Waals surface area contributed by atoms with E-state index in [-0.39, 0.29) is 18.3 Å². The van der Waals surface area contributed by atoms with Gasteiger partial charge in [-0.15, -0.1) is 5.10 Å². The smallest absolute Gasteiger partial charge is 0.291 e. The number of H-pyrrole nitrogens is 1. The summed E-state index contributed by atoms with van der Waals surface area (Å²) in [6, 6.07) is 0. The van der Waals surface area contributed by atoms with Crippen LogP contribution in [0.3, 0.4) is 0 Å². The summed E-state index contributed by atoms with van der Waals surface area (Å²) in [7, 11) is 0. The highest BCUT2D eigenvalue weighted by atomic mass is 16.5. The number of carbonyl (C=O) groups excluding carboxylic acids is 1. The molecule has 7 nitrogen and oxygen atoms in total. The first-order valence-corrected chi connectivity index (χ1v) is 6.12. The van der Waals surface area contributed by atoms with E-state index < -0.39 is 5.60 Å². The van der Waals surface area contributed by atoms with Crippen molar-refractivity contribution in [1.82, 2.24) is 20.5 Å². The van der Waals surface area contributed by atoms with Gasteiger partial charge in [0.2, 0.25) is 5.82 Å². The van der Waals surface area contributed by atoms with Crippen molar-refractivity contribution in [3.63, 3.8) is 0 Å². The van der Waals surface area contributed by atoms with Gasteiger partial charge >= 0.3 is 0 Å². The number of ether oxygens (including phenoxy) is 1. The Labute approximate surface area is 105 Å². The maximum atomic E-state index is 11.8. The van der Waals surface area contributed by atoms with Crippen molar-refractivity contribution in [1.29, 1.82) is 0 Å². The summed E-state index contributed by atoms with van der Waals surface area (Å²) >= 11 is 0. The number of amides is 1. The van der Waals surface area contributed by atoms with Crippen molar-refractivity contribution in [2.75, 3.05) is 19.8 Å². The van der Waals surface area contributed by atoms with Crippen molar-refractivity contribution in [2.24, 2.45) is 0 Å². The molecule has 3 N–H and O–H groups in total. The van der Waals surface area contributed by atoms with Gasteiger partial charge < -0.3 is 15.2 Å². The molecule has 1 aromatic heterocycles. The van der Waals surface area contributed by atoms with Crippen molar-refractivity contribution in [2.45, 2.75) is 31.8 Å². The second-order valence-electron chi connectivity index (χ2n) is 4.48. The molecule has 0 aliphatic carbocycles. The zero-order valence-electron chi connectivity index (χ0n) is 10.4. The largest absolute Gasteiger partial charge is 0.388 e. The molecule has 0 aromatic carbocycles. The molecule has 1 saturated heterocycles. The molecule has 0 saturated carbocycles. The van der Waals surface area contributed by atoms with Crippen LogP contribution in [0.15, 0.2) is 0 Å². The minimum Gasteiger partial charge on any atom is -0.388 e. The maximum absolute atomic E-state index is 11.8. The van der Waals surface area contributed by atoms with Gasteiger partial charge in [-0.1, -0.05) is 6.92 Å². The van der Waals surface area contributed by atoms with Crippen molar-refractivity contribution in [3.8, 4) is 0 Å². The molecule has 0 radical (unpaired) electrons. The van der Waals surface area contributed by atoms with Crippen molar-refractivity contribution in [3.05, 3.63) is 11.6 Å². The van der Waals surface area contributed by atoms with Crippen LogP contribution in [0.4, 0.5) is 0 Å². The van der Waals surface area contributed by atoms with E-state index in [0.29, 0.717) is 38.3 Å². The number of nitrogens with zero attached hydrogens (tertiary/aromatic N) is 2. The fraction of sp³-hybridized carbons (Fsp3) is 0.727. The summed E-state index contributed by atoms with van der Waals surface area (Å²) < 4.78 is 5.17. The highest BCUT2D eigenvalue weighted by Gasteiger charge is 2.30. The topological polar surface area (TPSA) is 100 Å². The minimum atomic E-state index is -0.877. The van der Waals surface area contributed by atoms with Gasteiger partial charge in [-0.25, -0.2) is 4.98 Å². The third kappa shape index (κ3) is 3.05. The monoisotopic (exact) mass is 254 g/mol. The van der Waals surface area contributed by atoms with Crippen LogP contribution in [0, 0.1) is 0 Å². The number of rotatable bonds is 4. The van der Waals surface area contributed by atoms with Crippen LogP contribution in [0.2, 0.25) is 0 Å². The molecule has 1 fully saturated rings. The summed E-state index contributed by atoms with van der Waals surface area (Å²) in [5.74, 6) is 0.415. The normalized spacial score (nSPS) is 18.6. The summed E-state index contributed by atoms with van der Waals surface area (Å²) in [4.78, 5) is 15.8. The standard InChI is InChI=1S/C11H18N4O3/c1-2-8-13-9(15-14-8)10(16)12-7-11(17)3-5-18-6-4-11/h17H,2-7H2,1H3,(H,12,16)(H,13,14,15). The van der Waals surface area contributed by atoms with E-state index in [1.54, 1.807) is 0 Å². The van der Waals surface area contributed by atoms with Gasteiger partial charge in [0.05, 0.1) is 5.60 Å². The predicted molar refractivity (Wildman–Crippen MR) is 63.1 cm³/mol. The molecule has 7 heteroatoms. The molecule has 2 rings (SSSR count). The number of hydrogen-bond acceptors (Lipinski definition) is 5. The van der Waals surface area contributed by atoms with Crippen molar-refractivity contribution >= 4 is 5.91 Å². The van der Waals surface area contributed by atoms with E-state index in [1.165, 1.54) is 0 Å². The van der Waals surface area contributed by atoms with E-state index in [1.807, 2.05) is 6.92 Å². The molecule has 0 atom stereocenters. The first kappa shape index (κ1) is 13.0. The Morgan fingerprint density at radius 1 is 1.56 bits per heavy atom. The Hall–Kier alpha value is -1.47. The zero-order valence-corrected chi connectivity index (χ0v) is 10.4. The molecule has 1 aliphatic rings. The van der Waals surface area contributed by atoms with Crippen molar-refractivity contribution < 1.29 is 14.6 Å². The molecule has 100 valence electrons. The number of nitrogens with one attached hydrogen (secondary N) is 2. The van der Waals surface area contributed by atoms with E-state index in [4.69, 9.17) is 4.74 Å². The molecule has 1 amide bonds. The summed E-state index contributed by atoms with van der Waals surface area (Å²) in [6.07, 6.45) is 1.75. The van der Waals surface area contributed by atoms with Gasteiger partial charge in [-0.2, -0.15) is 0 Å². The fourth-order valence-electron chi connectivity index (χ4n) is 1.81. The Balaban J connectivity index is 1.87. The fourth-order valence-corrected chi connectivity index (χ4v) is 1.81. The third-order valence-electron chi connectivity index (χ3n) is 3.07. The molecule has 0 unspecified atom stereocenters. The van der Waals surface area contributed by atoms with E-state index in [9.17, 15) is 9.90 Å². The lowest BCUT2D eigenvalue weighted by Crippen LogP contribution is -2.46. The van der Waals surface area contributed by atoms with Crippen LogP contribution < -0.4 is 5.32 Å². The Kier molecular flexibility index (Phi) is 3.93. The summed E-state index contributed by atoms with van der Waals surface area (Å²) in [5, 5.41) is 19.3. The van der Waals surface area contributed by atoms with Crippen LogP contribution in [-0.2, 0) is 11.2 Å². The molecule has 18 heavy (non-hydrogen) atoms. The number of aliphatic hydroxyl groups is 1. The first-order chi connectivity index (χ1) is 8.63. The lowest BCUT2D eigenvalue weighted by Gasteiger charge is -2.31. The minimum absolute atomic E-state index is 0.113. The van der Waals surface area contributed by atoms with Crippen LogP contribution in [-0.4, -0.2) is 51.6 Å². The number of hydrogen-bond donors (Lipinski definition) is 3. The van der Waals surface area contributed by atoms with Gasteiger partial charge in [-0.3, -0.25) is 9.89 Å². The quantitative estimate of drug-likeness (QED) is 0.681. The summed E-state index contributed by atoms with van der Waals surface area (Å²) in [5.41, 5.74) is -0.877. The number of aromatic amines is 1. The predicted octanol–water partition coefficient (Wildman–Crippen LogP) is -0.362. The number of carbonyl (C=O) groups is 1. The average molecular weight is 254 g/mol. The molecule has 0 spiro atoms. The van der Waals surface area contributed by atoms with Crippen LogP contribution in [0.25, 0.3) is 0 Å².